The number of allylic oxidation sites excluding steroid dienone is 4. The van der Waals surface area contributed by atoms with Crippen molar-refractivity contribution in [3.05, 3.63) is 53.1 Å². The molecule has 0 unspecified atom stereocenters. The molecule has 0 nitrogen and oxygen atoms in total. The zero-order chi connectivity index (χ0) is 13.6. The van der Waals surface area contributed by atoms with Gasteiger partial charge in [-0.3, -0.25) is 0 Å². The molecule has 0 radical (unpaired) electrons. The summed E-state index contributed by atoms with van der Waals surface area (Å²) < 4.78 is 54.7. The Morgan fingerprint density at radius 1 is 0.778 bits per heavy atom. The standard InChI is InChI=1S/C14H12F4/c1-9-3-6-11(7-4-9)12-8-5-10(2)13(15,16)14(12,17)18/h3-8H,1-2H3. The third-order valence-electron chi connectivity index (χ3n) is 3.09. The fourth-order valence-corrected chi connectivity index (χ4v) is 1.85. The van der Waals surface area contributed by atoms with Crippen LogP contribution in [0.3, 0.4) is 0 Å². The van der Waals surface area contributed by atoms with Crippen LogP contribution in [0.2, 0.25) is 0 Å². The number of hydrogen-bond donors (Lipinski definition) is 0. The highest BCUT2D eigenvalue weighted by Gasteiger charge is 2.60. The van der Waals surface area contributed by atoms with E-state index in [0.717, 1.165) is 24.6 Å². The molecule has 2 rings (SSSR count). The van der Waals surface area contributed by atoms with E-state index in [2.05, 4.69) is 0 Å². The normalized spacial score (nSPS) is 21.2. The molecule has 18 heavy (non-hydrogen) atoms. The van der Waals surface area contributed by atoms with Crippen molar-refractivity contribution in [2.75, 3.05) is 0 Å². The van der Waals surface area contributed by atoms with E-state index in [0.29, 0.717) is 0 Å². The molecule has 1 aliphatic rings. The lowest BCUT2D eigenvalue weighted by atomic mass is 9.87. The van der Waals surface area contributed by atoms with Crippen LogP contribution in [-0.2, 0) is 0 Å². The van der Waals surface area contributed by atoms with Crippen LogP contribution in [0, 0.1) is 6.92 Å². The highest BCUT2D eigenvalue weighted by atomic mass is 19.3. The van der Waals surface area contributed by atoms with Gasteiger partial charge in [0, 0.05) is 11.1 Å². The van der Waals surface area contributed by atoms with E-state index in [1.54, 1.807) is 19.1 Å². The predicted molar refractivity (Wildman–Crippen MR) is 62.8 cm³/mol. The largest absolute Gasteiger partial charge is 0.339 e. The molecule has 0 bridgehead atoms. The fraction of sp³-hybridized carbons (Fsp3) is 0.286. The topological polar surface area (TPSA) is 0 Å². The highest BCUT2D eigenvalue weighted by Crippen LogP contribution is 2.50. The zero-order valence-electron chi connectivity index (χ0n) is 9.98. The summed E-state index contributed by atoms with van der Waals surface area (Å²) in [5.41, 5.74) is -0.257. The van der Waals surface area contributed by atoms with Crippen LogP contribution < -0.4 is 0 Å². The van der Waals surface area contributed by atoms with Gasteiger partial charge in [0.05, 0.1) is 0 Å². The van der Waals surface area contributed by atoms with Crippen LogP contribution in [0.5, 0.6) is 0 Å². The Kier molecular flexibility index (Phi) is 2.84. The van der Waals surface area contributed by atoms with E-state index in [-0.39, 0.29) is 5.56 Å². The van der Waals surface area contributed by atoms with Gasteiger partial charge in [-0.2, -0.15) is 17.6 Å². The van der Waals surface area contributed by atoms with Gasteiger partial charge in [0.15, 0.2) is 0 Å². The van der Waals surface area contributed by atoms with Crippen LogP contribution >= 0.6 is 0 Å². The molecule has 1 aliphatic carbocycles. The van der Waals surface area contributed by atoms with Gasteiger partial charge in [-0.05, 0) is 19.4 Å². The van der Waals surface area contributed by atoms with E-state index in [1.807, 2.05) is 0 Å². The Morgan fingerprint density at radius 2 is 1.33 bits per heavy atom. The molecule has 0 spiro atoms. The van der Waals surface area contributed by atoms with Crippen molar-refractivity contribution in [3.8, 4) is 0 Å². The number of aryl methyl sites for hydroxylation is 1. The molecular formula is C14H12F4. The minimum atomic E-state index is -4.18. The fourth-order valence-electron chi connectivity index (χ4n) is 1.85. The average molecular weight is 256 g/mol. The van der Waals surface area contributed by atoms with E-state index in [9.17, 15) is 17.6 Å². The third-order valence-corrected chi connectivity index (χ3v) is 3.09. The summed E-state index contributed by atoms with van der Waals surface area (Å²) in [6.45, 7) is 2.81. The minimum Gasteiger partial charge on any atom is -0.194 e. The van der Waals surface area contributed by atoms with Crippen LogP contribution in [0.15, 0.2) is 42.0 Å². The third kappa shape index (κ3) is 1.76. The van der Waals surface area contributed by atoms with Gasteiger partial charge in [0.1, 0.15) is 0 Å². The van der Waals surface area contributed by atoms with Crippen LogP contribution in [0.4, 0.5) is 17.6 Å². The van der Waals surface area contributed by atoms with Gasteiger partial charge in [0.25, 0.3) is 0 Å². The molecular weight excluding hydrogens is 244 g/mol. The molecule has 96 valence electrons. The summed E-state index contributed by atoms with van der Waals surface area (Å²) >= 11 is 0. The maximum absolute atomic E-state index is 13.8. The molecule has 0 aromatic heterocycles. The van der Waals surface area contributed by atoms with Gasteiger partial charge in [-0.1, -0.05) is 42.0 Å². The van der Waals surface area contributed by atoms with Gasteiger partial charge in [-0.25, -0.2) is 0 Å². The van der Waals surface area contributed by atoms with E-state index < -0.39 is 23.0 Å². The van der Waals surface area contributed by atoms with Crippen molar-refractivity contribution in [3.63, 3.8) is 0 Å². The van der Waals surface area contributed by atoms with Gasteiger partial charge >= 0.3 is 11.8 Å². The highest BCUT2D eigenvalue weighted by molar-refractivity contribution is 5.76. The summed E-state index contributed by atoms with van der Waals surface area (Å²) in [5, 5.41) is 0. The lowest BCUT2D eigenvalue weighted by Crippen LogP contribution is -2.43. The number of alkyl halides is 4. The van der Waals surface area contributed by atoms with Crippen molar-refractivity contribution in [2.24, 2.45) is 0 Å². The molecule has 0 heterocycles. The second-order valence-corrected chi connectivity index (χ2v) is 4.44. The molecule has 1 aromatic rings. The summed E-state index contributed by atoms with van der Waals surface area (Å²) in [6, 6.07) is 6.10. The Labute approximate surface area is 103 Å². The average Bonchev–Trinajstić information content (AvgIpc) is 2.29. The van der Waals surface area contributed by atoms with Crippen molar-refractivity contribution in [1.29, 1.82) is 0 Å². The molecule has 0 fully saturated rings. The SMILES string of the molecule is CC1=CC=C(c2ccc(C)cc2)C(F)(F)C1(F)F. The van der Waals surface area contributed by atoms with Gasteiger partial charge < -0.3 is 0 Å². The van der Waals surface area contributed by atoms with Crippen LogP contribution in [0.25, 0.3) is 5.57 Å². The first-order chi connectivity index (χ1) is 8.26. The second kappa shape index (κ2) is 3.97. The summed E-state index contributed by atoms with van der Waals surface area (Å²) in [7, 11) is 0. The van der Waals surface area contributed by atoms with Crippen molar-refractivity contribution >= 4 is 5.57 Å². The lowest BCUT2D eigenvalue weighted by Gasteiger charge is -2.32. The first-order valence-corrected chi connectivity index (χ1v) is 5.49. The summed E-state index contributed by atoms with van der Waals surface area (Å²) in [4.78, 5) is 0. The van der Waals surface area contributed by atoms with Gasteiger partial charge in [0.2, 0.25) is 0 Å². The van der Waals surface area contributed by atoms with E-state index >= 15 is 0 Å². The smallest absolute Gasteiger partial charge is 0.194 e. The maximum Gasteiger partial charge on any atom is 0.339 e. The predicted octanol–water partition coefficient (Wildman–Crippen LogP) is 4.61. The monoisotopic (exact) mass is 256 g/mol. The summed E-state index contributed by atoms with van der Waals surface area (Å²) in [6.07, 6.45) is 2.12. The number of halogens is 4. The quantitative estimate of drug-likeness (QED) is 0.644. The molecule has 0 saturated carbocycles. The first kappa shape index (κ1) is 12.9. The Bertz CT molecular complexity index is 521. The minimum absolute atomic E-state index is 0.119. The molecule has 0 amide bonds. The zero-order valence-corrected chi connectivity index (χ0v) is 9.98. The molecule has 4 heteroatoms. The first-order valence-electron chi connectivity index (χ1n) is 5.49. The number of rotatable bonds is 1. The molecule has 0 saturated heterocycles. The number of benzene rings is 1. The van der Waals surface area contributed by atoms with E-state index in [1.165, 1.54) is 12.1 Å². The van der Waals surface area contributed by atoms with Crippen molar-refractivity contribution < 1.29 is 17.6 Å². The Hall–Kier alpha value is -1.58. The number of hydrogen-bond acceptors (Lipinski definition) is 0. The van der Waals surface area contributed by atoms with Crippen molar-refractivity contribution in [2.45, 2.75) is 25.7 Å². The molecule has 0 aliphatic heterocycles. The second-order valence-electron chi connectivity index (χ2n) is 4.44. The lowest BCUT2D eigenvalue weighted by molar-refractivity contribution is -0.148. The van der Waals surface area contributed by atoms with E-state index in [4.69, 9.17) is 0 Å². The Balaban J connectivity index is 2.54. The van der Waals surface area contributed by atoms with Crippen molar-refractivity contribution in [1.82, 2.24) is 0 Å². The molecule has 0 atom stereocenters. The van der Waals surface area contributed by atoms with Gasteiger partial charge in [-0.15, -0.1) is 0 Å². The summed E-state index contributed by atoms with van der Waals surface area (Å²) in [5.74, 6) is -8.32. The molecule has 0 N–H and O–H groups in total. The van der Waals surface area contributed by atoms with Crippen LogP contribution in [-0.4, -0.2) is 11.8 Å². The Morgan fingerprint density at radius 3 is 1.89 bits per heavy atom. The van der Waals surface area contributed by atoms with Crippen LogP contribution in [0.1, 0.15) is 18.1 Å². The molecule has 1 aromatic carbocycles. The maximum atomic E-state index is 13.8.